The molecule has 0 aromatic carbocycles. The lowest BCUT2D eigenvalue weighted by atomic mass is 10.1. The van der Waals surface area contributed by atoms with Crippen molar-refractivity contribution in [3.8, 4) is 0 Å². The van der Waals surface area contributed by atoms with Crippen molar-refractivity contribution in [1.82, 2.24) is 0 Å². The summed E-state index contributed by atoms with van der Waals surface area (Å²) in [6.45, 7) is 1.73. The van der Waals surface area contributed by atoms with E-state index in [9.17, 15) is 4.79 Å². The van der Waals surface area contributed by atoms with Gasteiger partial charge in [0.15, 0.2) is 5.78 Å². The maximum atomic E-state index is 10.8. The molecule has 0 saturated heterocycles. The first kappa shape index (κ1) is 7.22. The fourth-order valence-electron chi connectivity index (χ4n) is 0.686. The summed E-state index contributed by atoms with van der Waals surface area (Å²) in [6.07, 6.45) is 4.69. The van der Waals surface area contributed by atoms with E-state index in [-0.39, 0.29) is 5.78 Å². The predicted octanol–water partition coefficient (Wildman–Crippen LogP) is 1.67. The summed E-state index contributed by atoms with van der Waals surface area (Å²) in [5, 5.41) is 0. The quantitative estimate of drug-likeness (QED) is 0.490. The molecular formula is C7H6ClNO. The Morgan fingerprint density at radius 3 is 2.70 bits per heavy atom. The van der Waals surface area contributed by atoms with Gasteiger partial charge in [0.2, 0.25) is 0 Å². The average Bonchev–Trinajstić information content (AvgIpc) is 1.95. The Bertz CT molecular complexity index is 250. The molecule has 0 saturated carbocycles. The van der Waals surface area contributed by atoms with E-state index in [1.807, 2.05) is 0 Å². The largest absolute Gasteiger partial charge is 0.290 e. The van der Waals surface area contributed by atoms with Gasteiger partial charge < -0.3 is 0 Å². The van der Waals surface area contributed by atoms with Crippen molar-refractivity contribution in [2.75, 3.05) is 0 Å². The van der Waals surface area contributed by atoms with Crippen LogP contribution in [0.25, 0.3) is 0 Å². The van der Waals surface area contributed by atoms with Crippen LogP contribution in [0.1, 0.15) is 6.92 Å². The molecule has 0 N–H and O–H groups in total. The van der Waals surface area contributed by atoms with Crippen LogP contribution < -0.4 is 0 Å². The summed E-state index contributed by atoms with van der Waals surface area (Å²) in [7, 11) is 0. The standard InChI is InChI=1S/C7H6ClNO/c1-5-4-6(9-8)2-3-7(5)10/h2-4H,1H3. The highest BCUT2D eigenvalue weighted by atomic mass is 35.5. The Morgan fingerprint density at radius 1 is 1.50 bits per heavy atom. The van der Waals surface area contributed by atoms with E-state index in [4.69, 9.17) is 11.8 Å². The van der Waals surface area contributed by atoms with E-state index < -0.39 is 0 Å². The number of allylic oxidation sites excluding steroid dienone is 4. The molecule has 1 rings (SSSR count). The molecule has 0 unspecified atom stereocenters. The SMILES string of the molecule is CC1=CC(=NCl)C=CC1=O. The fourth-order valence-corrected chi connectivity index (χ4v) is 0.791. The third-order valence-corrected chi connectivity index (χ3v) is 1.45. The van der Waals surface area contributed by atoms with Gasteiger partial charge in [-0.2, -0.15) is 4.51 Å². The number of rotatable bonds is 0. The monoisotopic (exact) mass is 155 g/mol. The fraction of sp³-hybridized carbons (Fsp3) is 0.143. The lowest BCUT2D eigenvalue weighted by Crippen LogP contribution is -2.03. The topological polar surface area (TPSA) is 29.4 Å². The van der Waals surface area contributed by atoms with Crippen LogP contribution in [-0.4, -0.2) is 11.5 Å². The second kappa shape index (κ2) is 2.80. The normalized spacial score (nSPS) is 21.6. The number of halogens is 1. The van der Waals surface area contributed by atoms with Gasteiger partial charge in [-0.1, -0.05) is 0 Å². The van der Waals surface area contributed by atoms with Crippen molar-refractivity contribution < 1.29 is 4.79 Å². The minimum atomic E-state index is 0.0177. The highest BCUT2D eigenvalue weighted by Gasteiger charge is 2.05. The van der Waals surface area contributed by atoms with Crippen molar-refractivity contribution in [1.29, 1.82) is 0 Å². The molecule has 0 heterocycles. The molecule has 0 aromatic heterocycles. The molecule has 0 aromatic rings. The van der Waals surface area contributed by atoms with Crippen LogP contribution in [-0.2, 0) is 4.79 Å². The van der Waals surface area contributed by atoms with Gasteiger partial charge in [0.05, 0.1) is 5.71 Å². The maximum absolute atomic E-state index is 10.8. The molecule has 0 bridgehead atoms. The molecule has 0 radical (unpaired) electrons. The van der Waals surface area contributed by atoms with E-state index in [2.05, 4.69) is 4.51 Å². The minimum Gasteiger partial charge on any atom is -0.290 e. The Morgan fingerprint density at radius 2 is 2.20 bits per heavy atom. The van der Waals surface area contributed by atoms with Crippen LogP contribution >= 0.6 is 11.8 Å². The van der Waals surface area contributed by atoms with Crippen molar-refractivity contribution >= 4 is 23.3 Å². The van der Waals surface area contributed by atoms with Crippen LogP contribution in [0.4, 0.5) is 0 Å². The number of hydrogen-bond acceptors (Lipinski definition) is 2. The highest BCUT2D eigenvalue weighted by Crippen LogP contribution is 2.05. The maximum Gasteiger partial charge on any atom is 0.181 e. The number of carbonyl (C=O) groups excluding carboxylic acids is 1. The molecule has 10 heavy (non-hydrogen) atoms. The summed E-state index contributed by atoms with van der Waals surface area (Å²) in [4.78, 5) is 10.8. The summed E-state index contributed by atoms with van der Waals surface area (Å²) >= 11 is 5.17. The van der Waals surface area contributed by atoms with Crippen LogP contribution in [0.15, 0.2) is 28.3 Å². The molecule has 0 aliphatic heterocycles. The van der Waals surface area contributed by atoms with Crippen LogP contribution in [0, 0.1) is 0 Å². The van der Waals surface area contributed by atoms with Crippen molar-refractivity contribution in [2.45, 2.75) is 6.92 Å². The van der Waals surface area contributed by atoms with E-state index in [1.54, 1.807) is 19.1 Å². The van der Waals surface area contributed by atoms with E-state index >= 15 is 0 Å². The first-order chi connectivity index (χ1) is 4.74. The third kappa shape index (κ3) is 1.33. The van der Waals surface area contributed by atoms with Crippen molar-refractivity contribution in [3.05, 3.63) is 23.8 Å². The third-order valence-electron chi connectivity index (χ3n) is 1.26. The first-order valence-corrected chi connectivity index (χ1v) is 3.17. The Hall–Kier alpha value is -0.890. The van der Waals surface area contributed by atoms with Gasteiger partial charge in [0.25, 0.3) is 0 Å². The molecular weight excluding hydrogens is 150 g/mol. The summed E-state index contributed by atoms with van der Waals surface area (Å²) in [5.74, 6) is 0.0177. The molecule has 1 aliphatic rings. The Labute approximate surface area is 64.0 Å². The summed E-state index contributed by atoms with van der Waals surface area (Å²) in [6, 6.07) is 0. The molecule has 0 atom stereocenters. The van der Waals surface area contributed by atoms with Gasteiger partial charge in [-0.25, -0.2) is 0 Å². The zero-order chi connectivity index (χ0) is 7.56. The molecule has 1 aliphatic carbocycles. The average molecular weight is 156 g/mol. The van der Waals surface area contributed by atoms with Gasteiger partial charge >= 0.3 is 0 Å². The highest BCUT2D eigenvalue weighted by molar-refractivity contribution is 6.27. The van der Waals surface area contributed by atoms with Crippen LogP contribution in [0.3, 0.4) is 0 Å². The lowest BCUT2D eigenvalue weighted by Gasteiger charge is -2.00. The van der Waals surface area contributed by atoms with Crippen LogP contribution in [0.2, 0.25) is 0 Å². The second-order valence-corrected chi connectivity index (χ2v) is 2.20. The van der Waals surface area contributed by atoms with Crippen molar-refractivity contribution in [3.63, 3.8) is 0 Å². The van der Waals surface area contributed by atoms with E-state index in [0.29, 0.717) is 11.3 Å². The predicted molar refractivity (Wildman–Crippen MR) is 41.2 cm³/mol. The van der Waals surface area contributed by atoms with Crippen molar-refractivity contribution in [2.24, 2.45) is 4.51 Å². The second-order valence-electron chi connectivity index (χ2n) is 2.03. The van der Waals surface area contributed by atoms with E-state index in [0.717, 1.165) is 0 Å². The summed E-state index contributed by atoms with van der Waals surface area (Å²) < 4.78 is 3.41. The van der Waals surface area contributed by atoms with Gasteiger partial charge in [-0.3, -0.25) is 4.79 Å². The molecule has 52 valence electrons. The zero-order valence-corrected chi connectivity index (χ0v) is 6.22. The molecule has 0 fully saturated rings. The molecule has 0 amide bonds. The number of nitrogens with zero attached hydrogens (tertiary/aromatic N) is 1. The number of hydrogen-bond donors (Lipinski definition) is 0. The minimum absolute atomic E-state index is 0.0177. The summed E-state index contributed by atoms with van der Waals surface area (Å²) in [5.41, 5.74) is 1.29. The van der Waals surface area contributed by atoms with Gasteiger partial charge in [-0.05, 0) is 30.7 Å². The molecule has 2 nitrogen and oxygen atoms in total. The Balaban J connectivity index is 2.95. The Kier molecular flexibility index (Phi) is 2.02. The smallest absolute Gasteiger partial charge is 0.181 e. The molecule has 3 heteroatoms. The van der Waals surface area contributed by atoms with E-state index in [1.165, 1.54) is 6.08 Å². The van der Waals surface area contributed by atoms with Gasteiger partial charge in [-0.15, -0.1) is 0 Å². The van der Waals surface area contributed by atoms with Crippen LogP contribution in [0.5, 0.6) is 0 Å². The number of carbonyl (C=O) groups is 1. The lowest BCUT2D eigenvalue weighted by molar-refractivity contribution is -0.111. The zero-order valence-electron chi connectivity index (χ0n) is 5.47. The number of ketones is 1. The van der Waals surface area contributed by atoms with Gasteiger partial charge in [0, 0.05) is 11.8 Å². The first-order valence-electron chi connectivity index (χ1n) is 2.83. The molecule has 0 spiro atoms. The van der Waals surface area contributed by atoms with Gasteiger partial charge in [0.1, 0.15) is 0 Å².